The molecule has 0 N–H and O–H groups in total. The molecular weight excluding hydrogens is 583 g/mol. The van der Waals surface area contributed by atoms with Crippen LogP contribution in [0.1, 0.15) is 70.2 Å². The first-order chi connectivity index (χ1) is 18.6. The zero-order valence-electron chi connectivity index (χ0n) is 22.7. The average molecular weight is 621 g/mol. The predicted octanol–water partition coefficient (Wildman–Crippen LogP) is 10.4. The third kappa shape index (κ3) is 8.17. The predicted molar refractivity (Wildman–Crippen MR) is 162 cm³/mol. The molecule has 196 valence electrons. The molecule has 1 aliphatic carbocycles. The van der Waals surface area contributed by atoms with Crippen molar-refractivity contribution < 1.29 is 20.8 Å². The van der Waals surface area contributed by atoms with E-state index < -0.39 is 20.8 Å². The van der Waals surface area contributed by atoms with Gasteiger partial charge in [0.05, 0.1) is 0 Å². The van der Waals surface area contributed by atoms with Crippen LogP contribution in [0.2, 0.25) is 0 Å². The molecule has 0 nitrogen and oxygen atoms in total. The fourth-order valence-electron chi connectivity index (χ4n) is 5.74. The van der Waals surface area contributed by atoms with Crippen molar-refractivity contribution in [1.29, 1.82) is 0 Å². The van der Waals surface area contributed by atoms with Gasteiger partial charge in [0.1, 0.15) is 0 Å². The second kappa shape index (κ2) is 15.2. The van der Waals surface area contributed by atoms with Crippen LogP contribution in [0.15, 0.2) is 84.9 Å². The third-order valence-corrected chi connectivity index (χ3v) is 7.80. The Morgan fingerprint density at radius 3 is 1.32 bits per heavy atom. The molecule has 38 heavy (non-hydrogen) atoms. The van der Waals surface area contributed by atoms with E-state index in [-0.39, 0.29) is 0 Å². The van der Waals surface area contributed by atoms with Gasteiger partial charge in [0, 0.05) is 0 Å². The van der Waals surface area contributed by atoms with Crippen LogP contribution in [0.5, 0.6) is 0 Å². The molecule has 0 aromatic heterocycles. The summed E-state index contributed by atoms with van der Waals surface area (Å²) in [5.74, 6) is 0. The number of hydrogen-bond acceptors (Lipinski definition) is 0. The third-order valence-electron chi connectivity index (χ3n) is 7.80. The van der Waals surface area contributed by atoms with Crippen LogP contribution in [0.3, 0.4) is 0 Å². The van der Waals surface area contributed by atoms with E-state index in [2.05, 4.69) is 98.8 Å². The van der Waals surface area contributed by atoms with Gasteiger partial charge in [0.25, 0.3) is 0 Å². The molecule has 5 rings (SSSR count). The van der Waals surface area contributed by atoms with E-state index in [1.54, 1.807) is 0 Å². The first-order valence-electron chi connectivity index (χ1n) is 13.9. The zero-order valence-corrected chi connectivity index (χ0v) is 26.7. The van der Waals surface area contributed by atoms with Crippen molar-refractivity contribution in [2.75, 3.05) is 0 Å². The summed E-state index contributed by atoms with van der Waals surface area (Å²) >= 11 is -0.826. The summed E-state index contributed by atoms with van der Waals surface area (Å²) in [6, 6.07) is 31.8. The molecule has 4 aromatic rings. The molecular formula is C35H38Cl2Zr. The molecule has 1 aliphatic rings. The van der Waals surface area contributed by atoms with E-state index in [1.807, 2.05) is 0 Å². The van der Waals surface area contributed by atoms with Gasteiger partial charge in [-0.3, -0.25) is 0 Å². The second-order valence-electron chi connectivity index (χ2n) is 10.5. The fourth-order valence-corrected chi connectivity index (χ4v) is 5.74. The minimum atomic E-state index is -0.826. The normalized spacial score (nSPS) is 11.4. The Hall–Kier alpha value is -1.66. The SMILES string of the molecule is Cc1cc2c(cc1CCCCc1ccccc1)-c1cc(CCCCc3ccccc3)c(C)cc1C2.[Cl][Zr][Cl]. The van der Waals surface area contributed by atoms with Crippen LogP contribution in [0.25, 0.3) is 11.1 Å². The fraction of sp³-hybridized carbons (Fsp3) is 0.314. The standard InChI is InChI=1S/C35H38.2ClH.Zr/c1-26-21-32-23-33-22-27(2)31(20-12-10-18-29-15-7-4-8-16-29)25-35(33)34(32)24-30(26)19-11-9-17-28-13-5-3-6-14-28;;;/h3-8,13-16,21-22,24-25H,9-12,17-20,23H2,1-2H3;2*1H;/q;;;+2/p-2. The average Bonchev–Trinajstić information content (AvgIpc) is 3.26. The quantitative estimate of drug-likeness (QED) is 0.136. The van der Waals surface area contributed by atoms with Crippen molar-refractivity contribution in [3.05, 3.63) is 129 Å². The maximum absolute atomic E-state index is 4.93. The molecule has 0 spiro atoms. The molecule has 0 heterocycles. The van der Waals surface area contributed by atoms with Crippen molar-refractivity contribution in [3.63, 3.8) is 0 Å². The summed E-state index contributed by atoms with van der Waals surface area (Å²) in [4.78, 5) is 0. The van der Waals surface area contributed by atoms with Gasteiger partial charge < -0.3 is 0 Å². The van der Waals surface area contributed by atoms with E-state index >= 15 is 0 Å². The van der Waals surface area contributed by atoms with Crippen molar-refractivity contribution in [3.8, 4) is 11.1 Å². The number of hydrogen-bond donors (Lipinski definition) is 0. The molecule has 0 saturated heterocycles. The number of halogens is 2. The Morgan fingerprint density at radius 1 is 0.553 bits per heavy atom. The molecule has 0 aliphatic heterocycles. The Morgan fingerprint density at radius 2 is 0.921 bits per heavy atom. The van der Waals surface area contributed by atoms with Crippen LogP contribution in [-0.4, -0.2) is 0 Å². The number of unbranched alkanes of at least 4 members (excludes halogenated alkanes) is 2. The van der Waals surface area contributed by atoms with Gasteiger partial charge in [-0.25, -0.2) is 0 Å². The van der Waals surface area contributed by atoms with Crippen LogP contribution in [-0.2, 0) is 53.0 Å². The minimum absolute atomic E-state index is 0.826. The Labute approximate surface area is 248 Å². The summed E-state index contributed by atoms with van der Waals surface area (Å²) in [7, 11) is 9.87. The molecule has 0 atom stereocenters. The van der Waals surface area contributed by atoms with Gasteiger partial charge in [-0.1, -0.05) is 84.9 Å². The molecule has 0 amide bonds. The van der Waals surface area contributed by atoms with Gasteiger partial charge in [-0.2, -0.15) is 0 Å². The molecule has 0 fully saturated rings. The number of fused-ring (bicyclic) bond motifs is 3. The van der Waals surface area contributed by atoms with E-state index in [9.17, 15) is 0 Å². The van der Waals surface area contributed by atoms with Crippen LogP contribution in [0, 0.1) is 13.8 Å². The summed E-state index contributed by atoms with van der Waals surface area (Å²) in [6.45, 7) is 4.61. The van der Waals surface area contributed by atoms with Gasteiger partial charge in [-0.05, 0) is 127 Å². The van der Waals surface area contributed by atoms with Gasteiger partial charge >= 0.3 is 37.9 Å². The van der Waals surface area contributed by atoms with Crippen LogP contribution in [0.4, 0.5) is 0 Å². The van der Waals surface area contributed by atoms with Gasteiger partial charge in [0.15, 0.2) is 0 Å². The second-order valence-corrected chi connectivity index (χ2v) is 14.2. The van der Waals surface area contributed by atoms with E-state index in [4.69, 9.17) is 17.0 Å². The van der Waals surface area contributed by atoms with E-state index in [0.29, 0.717) is 0 Å². The summed E-state index contributed by atoms with van der Waals surface area (Å²) < 4.78 is 0. The molecule has 0 bridgehead atoms. The van der Waals surface area contributed by atoms with Crippen LogP contribution < -0.4 is 0 Å². The topological polar surface area (TPSA) is 0 Å². The number of rotatable bonds is 10. The van der Waals surface area contributed by atoms with E-state index in [1.165, 1.54) is 107 Å². The maximum atomic E-state index is 4.93. The summed E-state index contributed by atoms with van der Waals surface area (Å²) in [5, 5.41) is 0. The Bertz CT molecular complexity index is 1200. The van der Waals surface area contributed by atoms with Crippen molar-refractivity contribution in [2.45, 2.75) is 71.6 Å². The first kappa shape index (κ1) is 29.3. The summed E-state index contributed by atoms with van der Waals surface area (Å²) in [5.41, 5.74) is 14.9. The van der Waals surface area contributed by atoms with Crippen molar-refractivity contribution in [2.24, 2.45) is 0 Å². The Kier molecular flexibility index (Phi) is 11.7. The molecule has 0 unspecified atom stereocenters. The van der Waals surface area contributed by atoms with Gasteiger partial charge in [-0.15, -0.1) is 0 Å². The van der Waals surface area contributed by atoms with E-state index in [0.717, 1.165) is 6.42 Å². The molecule has 0 radical (unpaired) electrons. The Balaban J connectivity index is 0.00000107. The summed E-state index contributed by atoms with van der Waals surface area (Å²) in [6.07, 6.45) is 10.8. The number of benzene rings is 4. The number of aryl methyl sites for hydroxylation is 6. The molecule has 4 aromatic carbocycles. The zero-order chi connectivity index (χ0) is 26.7. The van der Waals surface area contributed by atoms with Crippen molar-refractivity contribution >= 4 is 17.0 Å². The first-order valence-corrected chi connectivity index (χ1v) is 20.2. The van der Waals surface area contributed by atoms with Gasteiger partial charge in [0.2, 0.25) is 0 Å². The molecule has 3 heteroatoms. The van der Waals surface area contributed by atoms with Crippen molar-refractivity contribution in [1.82, 2.24) is 0 Å². The van der Waals surface area contributed by atoms with Crippen LogP contribution >= 0.6 is 17.0 Å². The monoisotopic (exact) mass is 618 g/mol. The molecule has 0 saturated carbocycles.